The molecular formula is C19H21ClN2O. The van der Waals surface area contributed by atoms with Gasteiger partial charge in [-0.1, -0.05) is 48.9 Å². The van der Waals surface area contributed by atoms with Gasteiger partial charge in [-0.05, 0) is 48.2 Å². The van der Waals surface area contributed by atoms with Crippen LogP contribution in [0.3, 0.4) is 0 Å². The summed E-state index contributed by atoms with van der Waals surface area (Å²) in [6, 6.07) is 15.7. The lowest BCUT2D eigenvalue weighted by molar-refractivity contribution is -0.117. The Balaban J connectivity index is 1.65. The number of hydrogen-bond donors (Lipinski definition) is 2. The molecule has 1 saturated carbocycles. The first-order valence-corrected chi connectivity index (χ1v) is 8.41. The van der Waals surface area contributed by atoms with Gasteiger partial charge in [0, 0.05) is 23.2 Å². The second kappa shape index (κ2) is 7.16. The lowest BCUT2D eigenvalue weighted by Crippen LogP contribution is -2.18. The number of hydrogen-bond acceptors (Lipinski definition) is 2. The minimum absolute atomic E-state index is 0.0423. The van der Waals surface area contributed by atoms with E-state index in [1.165, 1.54) is 0 Å². The van der Waals surface area contributed by atoms with E-state index in [1.807, 2.05) is 48.5 Å². The summed E-state index contributed by atoms with van der Waals surface area (Å²) in [5.74, 6) is 0.425. The minimum Gasteiger partial charge on any atom is -0.326 e. The summed E-state index contributed by atoms with van der Waals surface area (Å²) in [6.45, 7) is 3.73. The first-order chi connectivity index (χ1) is 11.2. The number of amides is 1. The predicted octanol–water partition coefficient (Wildman–Crippen LogP) is 4.19. The Hall–Kier alpha value is -1.84. The summed E-state index contributed by atoms with van der Waals surface area (Å²) in [4.78, 5) is 12.5. The zero-order valence-electron chi connectivity index (χ0n) is 13.2. The van der Waals surface area contributed by atoms with Crippen molar-refractivity contribution in [1.29, 1.82) is 0 Å². The van der Waals surface area contributed by atoms with Crippen molar-refractivity contribution in [3.63, 3.8) is 0 Å². The van der Waals surface area contributed by atoms with Crippen LogP contribution in [0.2, 0.25) is 5.02 Å². The van der Waals surface area contributed by atoms with E-state index in [0.29, 0.717) is 0 Å². The summed E-state index contributed by atoms with van der Waals surface area (Å²) in [7, 11) is 0. The second-order valence-corrected chi connectivity index (χ2v) is 6.37. The van der Waals surface area contributed by atoms with Crippen molar-refractivity contribution in [1.82, 2.24) is 5.32 Å². The van der Waals surface area contributed by atoms with Crippen LogP contribution in [0.5, 0.6) is 0 Å². The largest absolute Gasteiger partial charge is 0.326 e. The maximum absolute atomic E-state index is 12.5. The predicted molar refractivity (Wildman–Crippen MR) is 94.8 cm³/mol. The van der Waals surface area contributed by atoms with Crippen LogP contribution in [0, 0.1) is 5.92 Å². The van der Waals surface area contributed by atoms with E-state index in [2.05, 4.69) is 17.6 Å². The maximum Gasteiger partial charge on any atom is 0.228 e. The van der Waals surface area contributed by atoms with Gasteiger partial charge in [0.25, 0.3) is 0 Å². The molecule has 4 heteroatoms. The quantitative estimate of drug-likeness (QED) is 0.834. The summed E-state index contributed by atoms with van der Waals surface area (Å²) >= 11 is 6.04. The molecule has 0 aromatic heterocycles. The van der Waals surface area contributed by atoms with Crippen molar-refractivity contribution in [3.8, 4) is 0 Å². The Labute approximate surface area is 142 Å². The fraction of sp³-hybridized carbons (Fsp3) is 0.316. The number of halogens is 1. The molecular weight excluding hydrogens is 308 g/mol. The monoisotopic (exact) mass is 328 g/mol. The van der Waals surface area contributed by atoms with Gasteiger partial charge in [-0.2, -0.15) is 0 Å². The van der Waals surface area contributed by atoms with Gasteiger partial charge in [-0.3, -0.25) is 4.79 Å². The molecule has 120 valence electrons. The van der Waals surface area contributed by atoms with E-state index in [-0.39, 0.29) is 17.7 Å². The summed E-state index contributed by atoms with van der Waals surface area (Å²) < 4.78 is 0. The zero-order chi connectivity index (χ0) is 16.2. The number of anilines is 1. The van der Waals surface area contributed by atoms with Crippen LogP contribution < -0.4 is 10.6 Å². The van der Waals surface area contributed by atoms with Crippen LogP contribution in [-0.4, -0.2) is 12.5 Å². The number of benzene rings is 2. The summed E-state index contributed by atoms with van der Waals surface area (Å²) in [6.07, 6.45) is 0.890. The average molecular weight is 329 g/mol. The van der Waals surface area contributed by atoms with Gasteiger partial charge in [0.15, 0.2) is 0 Å². The highest BCUT2D eigenvalue weighted by atomic mass is 35.5. The Morgan fingerprint density at radius 3 is 2.83 bits per heavy atom. The fourth-order valence-corrected chi connectivity index (χ4v) is 3.07. The van der Waals surface area contributed by atoms with Gasteiger partial charge in [-0.15, -0.1) is 0 Å². The summed E-state index contributed by atoms with van der Waals surface area (Å²) in [5, 5.41) is 7.11. The second-order valence-electron chi connectivity index (χ2n) is 5.93. The van der Waals surface area contributed by atoms with Crippen LogP contribution in [0.15, 0.2) is 48.5 Å². The highest BCUT2D eigenvalue weighted by molar-refractivity contribution is 6.30. The van der Waals surface area contributed by atoms with Crippen LogP contribution in [0.25, 0.3) is 0 Å². The molecule has 0 spiro atoms. The van der Waals surface area contributed by atoms with Crippen molar-refractivity contribution in [2.24, 2.45) is 5.92 Å². The van der Waals surface area contributed by atoms with Crippen molar-refractivity contribution in [2.75, 3.05) is 11.9 Å². The van der Waals surface area contributed by atoms with Gasteiger partial charge < -0.3 is 10.6 Å². The van der Waals surface area contributed by atoms with E-state index in [0.717, 1.165) is 41.3 Å². The third-order valence-electron chi connectivity index (χ3n) is 4.24. The number of carbonyl (C=O) groups is 1. The Kier molecular flexibility index (Phi) is 4.99. The van der Waals surface area contributed by atoms with Gasteiger partial charge in [-0.25, -0.2) is 0 Å². The minimum atomic E-state index is 0.0423. The molecule has 23 heavy (non-hydrogen) atoms. The third kappa shape index (κ3) is 3.92. The first kappa shape index (κ1) is 16.0. The Bertz CT molecular complexity index is 701. The van der Waals surface area contributed by atoms with E-state index < -0.39 is 0 Å². The van der Waals surface area contributed by atoms with Crippen LogP contribution in [0.1, 0.15) is 30.4 Å². The van der Waals surface area contributed by atoms with Crippen LogP contribution in [0.4, 0.5) is 5.69 Å². The average Bonchev–Trinajstić information content (AvgIpc) is 3.35. The van der Waals surface area contributed by atoms with Crippen molar-refractivity contribution in [3.05, 3.63) is 64.7 Å². The molecule has 0 radical (unpaired) electrons. The summed E-state index contributed by atoms with van der Waals surface area (Å²) in [5.41, 5.74) is 3.16. The molecule has 1 aliphatic carbocycles. The fourth-order valence-electron chi connectivity index (χ4n) is 2.87. The molecule has 0 heterocycles. The molecule has 3 nitrogen and oxygen atoms in total. The van der Waals surface area contributed by atoms with E-state index >= 15 is 0 Å². The SMILES string of the molecule is CCNCc1ccccc1NC(=O)C1CC1c1cccc(Cl)c1. The highest BCUT2D eigenvalue weighted by Gasteiger charge is 2.44. The maximum atomic E-state index is 12.5. The standard InChI is InChI=1S/C19H21ClN2O/c1-2-21-12-14-6-3-4-9-18(14)22-19(23)17-11-16(17)13-7-5-8-15(20)10-13/h3-10,16-17,21H,2,11-12H2,1H3,(H,22,23). The first-order valence-electron chi connectivity index (χ1n) is 8.04. The molecule has 1 aliphatic rings. The van der Waals surface area contributed by atoms with Gasteiger partial charge in [0.1, 0.15) is 0 Å². The lowest BCUT2D eigenvalue weighted by Gasteiger charge is -2.11. The number of carbonyl (C=O) groups excluding carboxylic acids is 1. The third-order valence-corrected chi connectivity index (χ3v) is 4.48. The molecule has 2 atom stereocenters. The number of para-hydroxylation sites is 1. The molecule has 0 saturated heterocycles. The van der Waals surface area contributed by atoms with Crippen LogP contribution in [-0.2, 0) is 11.3 Å². The zero-order valence-corrected chi connectivity index (χ0v) is 13.9. The van der Waals surface area contributed by atoms with E-state index in [9.17, 15) is 4.79 Å². The molecule has 2 unspecified atom stereocenters. The molecule has 2 aromatic carbocycles. The Morgan fingerprint density at radius 2 is 2.04 bits per heavy atom. The van der Waals surface area contributed by atoms with Gasteiger partial charge in [0.2, 0.25) is 5.91 Å². The molecule has 0 bridgehead atoms. The van der Waals surface area contributed by atoms with E-state index in [1.54, 1.807) is 0 Å². The molecule has 1 fully saturated rings. The number of rotatable bonds is 6. The van der Waals surface area contributed by atoms with Gasteiger partial charge >= 0.3 is 0 Å². The van der Waals surface area contributed by atoms with Gasteiger partial charge in [0.05, 0.1) is 0 Å². The molecule has 3 rings (SSSR count). The molecule has 0 aliphatic heterocycles. The smallest absolute Gasteiger partial charge is 0.228 e. The van der Waals surface area contributed by atoms with Crippen molar-refractivity contribution >= 4 is 23.2 Å². The molecule has 1 amide bonds. The molecule has 2 aromatic rings. The topological polar surface area (TPSA) is 41.1 Å². The highest BCUT2D eigenvalue weighted by Crippen LogP contribution is 2.48. The lowest BCUT2D eigenvalue weighted by atomic mass is 10.1. The van der Waals surface area contributed by atoms with Crippen molar-refractivity contribution in [2.45, 2.75) is 25.8 Å². The number of nitrogens with one attached hydrogen (secondary N) is 2. The van der Waals surface area contributed by atoms with Crippen LogP contribution >= 0.6 is 11.6 Å². The van der Waals surface area contributed by atoms with E-state index in [4.69, 9.17) is 11.6 Å². The van der Waals surface area contributed by atoms with Crippen molar-refractivity contribution < 1.29 is 4.79 Å². The normalized spacial score (nSPS) is 19.4. The molecule has 2 N–H and O–H groups in total. The Morgan fingerprint density at radius 1 is 1.22 bits per heavy atom.